The molecule has 1 atom stereocenters. The Morgan fingerprint density at radius 2 is 2.05 bits per heavy atom. The van der Waals surface area contributed by atoms with Gasteiger partial charge in [-0.05, 0) is 18.4 Å². The highest BCUT2D eigenvalue weighted by molar-refractivity contribution is 5.75. The maximum absolute atomic E-state index is 11.6. The van der Waals surface area contributed by atoms with E-state index in [4.69, 9.17) is 10.5 Å². The Kier molecular flexibility index (Phi) is 8.67. The Morgan fingerprint density at radius 1 is 1.30 bits per heavy atom. The zero-order chi connectivity index (χ0) is 14.6. The van der Waals surface area contributed by atoms with E-state index < -0.39 is 0 Å². The lowest BCUT2D eigenvalue weighted by molar-refractivity contribution is -0.121. The van der Waals surface area contributed by atoms with Crippen molar-refractivity contribution in [1.29, 1.82) is 0 Å². The summed E-state index contributed by atoms with van der Waals surface area (Å²) < 4.78 is 5.38. The molecule has 0 saturated heterocycles. The van der Waals surface area contributed by atoms with Gasteiger partial charge in [0, 0.05) is 25.6 Å². The zero-order valence-electron chi connectivity index (χ0n) is 12.3. The van der Waals surface area contributed by atoms with E-state index in [2.05, 4.69) is 12.2 Å². The molecule has 4 heteroatoms. The van der Waals surface area contributed by atoms with Crippen LogP contribution in [0.15, 0.2) is 30.3 Å². The van der Waals surface area contributed by atoms with Crippen LogP contribution in [0, 0.1) is 0 Å². The van der Waals surface area contributed by atoms with E-state index in [0.717, 1.165) is 25.0 Å². The van der Waals surface area contributed by atoms with Gasteiger partial charge in [-0.3, -0.25) is 4.79 Å². The summed E-state index contributed by atoms with van der Waals surface area (Å²) in [5.74, 6) is 0.0375. The summed E-state index contributed by atoms with van der Waals surface area (Å²) in [5.41, 5.74) is 7.12. The van der Waals surface area contributed by atoms with Crippen molar-refractivity contribution >= 4 is 5.91 Å². The van der Waals surface area contributed by atoms with Gasteiger partial charge in [0.2, 0.25) is 5.91 Å². The lowest BCUT2D eigenvalue weighted by atomic mass is 10.0. The molecule has 0 aliphatic carbocycles. The first-order valence-corrected chi connectivity index (χ1v) is 7.39. The van der Waals surface area contributed by atoms with E-state index in [1.54, 1.807) is 0 Å². The highest BCUT2D eigenvalue weighted by Gasteiger charge is 2.08. The molecule has 0 aromatic heterocycles. The zero-order valence-corrected chi connectivity index (χ0v) is 12.3. The van der Waals surface area contributed by atoms with Gasteiger partial charge in [-0.1, -0.05) is 43.7 Å². The van der Waals surface area contributed by atoms with Crippen LogP contribution in [0.2, 0.25) is 0 Å². The minimum absolute atomic E-state index is 0.0375. The maximum atomic E-state index is 11.6. The number of nitrogens with two attached hydrogens (primary N) is 1. The van der Waals surface area contributed by atoms with Crippen LogP contribution in [0.25, 0.3) is 0 Å². The van der Waals surface area contributed by atoms with Crippen molar-refractivity contribution in [3.8, 4) is 0 Å². The van der Waals surface area contributed by atoms with E-state index in [1.165, 1.54) is 0 Å². The van der Waals surface area contributed by atoms with Crippen LogP contribution < -0.4 is 11.1 Å². The molecule has 0 spiro atoms. The molecule has 0 aliphatic rings. The molecule has 1 unspecified atom stereocenters. The monoisotopic (exact) mass is 278 g/mol. The van der Waals surface area contributed by atoms with Gasteiger partial charge in [-0.15, -0.1) is 0 Å². The van der Waals surface area contributed by atoms with Crippen LogP contribution >= 0.6 is 0 Å². The highest BCUT2D eigenvalue weighted by atomic mass is 16.5. The van der Waals surface area contributed by atoms with Crippen molar-refractivity contribution in [3.05, 3.63) is 35.9 Å². The first kappa shape index (κ1) is 16.7. The lowest BCUT2D eigenvalue weighted by Gasteiger charge is -2.12. The van der Waals surface area contributed by atoms with E-state index in [-0.39, 0.29) is 11.9 Å². The molecular weight excluding hydrogens is 252 g/mol. The Labute approximate surface area is 121 Å². The summed E-state index contributed by atoms with van der Waals surface area (Å²) in [5, 5.41) is 2.85. The normalized spacial score (nSPS) is 12.1. The fraction of sp³-hybridized carbons (Fsp3) is 0.562. The van der Waals surface area contributed by atoms with Crippen LogP contribution in [0.3, 0.4) is 0 Å². The Morgan fingerprint density at radius 3 is 2.75 bits per heavy atom. The van der Waals surface area contributed by atoms with Crippen LogP contribution in [0.5, 0.6) is 0 Å². The van der Waals surface area contributed by atoms with Crippen molar-refractivity contribution in [2.45, 2.75) is 38.6 Å². The number of hydrogen-bond acceptors (Lipinski definition) is 3. The summed E-state index contributed by atoms with van der Waals surface area (Å²) in [6, 6.07) is 9.78. The number of nitrogens with one attached hydrogen (secondary N) is 1. The SMILES string of the molecule is CCCCOCCNC(=O)CCC(N)c1ccccc1. The third-order valence-corrected chi connectivity index (χ3v) is 3.12. The second-order valence-electron chi connectivity index (χ2n) is 4.87. The molecule has 4 nitrogen and oxygen atoms in total. The smallest absolute Gasteiger partial charge is 0.220 e. The maximum Gasteiger partial charge on any atom is 0.220 e. The molecule has 0 heterocycles. The summed E-state index contributed by atoms with van der Waals surface area (Å²) in [4.78, 5) is 11.6. The summed E-state index contributed by atoms with van der Waals surface area (Å²) in [7, 11) is 0. The average molecular weight is 278 g/mol. The minimum Gasteiger partial charge on any atom is -0.380 e. The Bertz CT molecular complexity index is 368. The number of ether oxygens (including phenoxy) is 1. The number of benzene rings is 1. The van der Waals surface area contributed by atoms with E-state index in [0.29, 0.717) is 26.0 Å². The summed E-state index contributed by atoms with van der Waals surface area (Å²) in [6.07, 6.45) is 3.31. The topological polar surface area (TPSA) is 64.3 Å². The van der Waals surface area contributed by atoms with Gasteiger partial charge < -0.3 is 15.8 Å². The third kappa shape index (κ3) is 7.26. The van der Waals surface area contributed by atoms with Crippen molar-refractivity contribution in [1.82, 2.24) is 5.32 Å². The minimum atomic E-state index is -0.0808. The van der Waals surface area contributed by atoms with Crippen molar-refractivity contribution < 1.29 is 9.53 Å². The van der Waals surface area contributed by atoms with Crippen molar-refractivity contribution in [2.75, 3.05) is 19.8 Å². The van der Waals surface area contributed by atoms with Crippen LogP contribution in [-0.2, 0) is 9.53 Å². The van der Waals surface area contributed by atoms with E-state index in [1.807, 2.05) is 30.3 Å². The Balaban J connectivity index is 2.08. The van der Waals surface area contributed by atoms with E-state index in [9.17, 15) is 4.79 Å². The number of unbranched alkanes of at least 4 members (excludes halogenated alkanes) is 1. The Hall–Kier alpha value is -1.39. The molecule has 1 aromatic carbocycles. The molecule has 1 rings (SSSR count). The predicted octanol–water partition coefficient (Wildman–Crippen LogP) is 2.40. The molecule has 112 valence electrons. The molecule has 0 aliphatic heterocycles. The van der Waals surface area contributed by atoms with Gasteiger partial charge in [-0.25, -0.2) is 0 Å². The van der Waals surface area contributed by atoms with Crippen LogP contribution in [0.1, 0.15) is 44.2 Å². The fourth-order valence-electron chi connectivity index (χ4n) is 1.85. The highest BCUT2D eigenvalue weighted by Crippen LogP contribution is 2.14. The van der Waals surface area contributed by atoms with Gasteiger partial charge in [0.05, 0.1) is 6.61 Å². The number of carbonyl (C=O) groups excluding carboxylic acids is 1. The second-order valence-corrected chi connectivity index (χ2v) is 4.87. The summed E-state index contributed by atoms with van der Waals surface area (Å²) >= 11 is 0. The standard InChI is InChI=1S/C16H26N2O2/c1-2-3-12-20-13-11-18-16(19)10-9-15(17)14-7-5-4-6-8-14/h4-8,15H,2-3,9-13,17H2,1H3,(H,18,19). The molecule has 0 saturated carbocycles. The van der Waals surface area contributed by atoms with Gasteiger partial charge in [0.25, 0.3) is 0 Å². The van der Waals surface area contributed by atoms with Crippen molar-refractivity contribution in [2.24, 2.45) is 5.73 Å². The number of amides is 1. The average Bonchev–Trinajstić information content (AvgIpc) is 2.49. The molecule has 3 N–H and O–H groups in total. The lowest BCUT2D eigenvalue weighted by Crippen LogP contribution is -2.28. The van der Waals surface area contributed by atoms with Gasteiger partial charge in [0.1, 0.15) is 0 Å². The first-order valence-electron chi connectivity index (χ1n) is 7.39. The van der Waals surface area contributed by atoms with Gasteiger partial charge in [-0.2, -0.15) is 0 Å². The second kappa shape index (κ2) is 10.4. The summed E-state index contributed by atoms with van der Waals surface area (Å²) in [6.45, 7) is 4.05. The van der Waals surface area contributed by atoms with Crippen molar-refractivity contribution in [3.63, 3.8) is 0 Å². The molecule has 0 fully saturated rings. The van der Waals surface area contributed by atoms with Gasteiger partial charge in [0.15, 0.2) is 0 Å². The fourth-order valence-corrected chi connectivity index (χ4v) is 1.85. The number of rotatable bonds is 10. The quantitative estimate of drug-likeness (QED) is 0.646. The van der Waals surface area contributed by atoms with Crippen LogP contribution in [0.4, 0.5) is 0 Å². The van der Waals surface area contributed by atoms with Crippen LogP contribution in [-0.4, -0.2) is 25.7 Å². The molecule has 0 radical (unpaired) electrons. The van der Waals surface area contributed by atoms with Gasteiger partial charge >= 0.3 is 0 Å². The third-order valence-electron chi connectivity index (χ3n) is 3.12. The molecule has 1 amide bonds. The molecule has 20 heavy (non-hydrogen) atoms. The largest absolute Gasteiger partial charge is 0.380 e. The number of hydrogen-bond donors (Lipinski definition) is 2. The molecule has 0 bridgehead atoms. The first-order chi connectivity index (χ1) is 9.74. The molecular formula is C16H26N2O2. The predicted molar refractivity (Wildman–Crippen MR) is 81.3 cm³/mol. The van der Waals surface area contributed by atoms with E-state index >= 15 is 0 Å². The number of carbonyl (C=O) groups is 1. The molecule has 1 aromatic rings.